The molecule has 0 N–H and O–H groups in total. The Labute approximate surface area is 182 Å². The molecular formula is C21H14Cl4N2O. The highest BCUT2D eigenvalue weighted by molar-refractivity contribution is 6.42. The maximum Gasteiger partial charge on any atom is 0.148 e. The number of para-hydroxylation sites is 2. The third-order valence-corrected chi connectivity index (χ3v) is 5.58. The van der Waals surface area contributed by atoms with Crippen LogP contribution in [0, 0.1) is 0 Å². The van der Waals surface area contributed by atoms with E-state index in [1.54, 1.807) is 24.3 Å². The average Bonchev–Trinajstić information content (AvgIpc) is 3.02. The summed E-state index contributed by atoms with van der Waals surface area (Å²) in [5.74, 6) is 1.33. The van der Waals surface area contributed by atoms with Gasteiger partial charge in [-0.3, -0.25) is 0 Å². The summed E-state index contributed by atoms with van der Waals surface area (Å²) in [4.78, 5) is 4.72. The molecule has 0 saturated heterocycles. The fourth-order valence-electron chi connectivity index (χ4n) is 2.97. The lowest BCUT2D eigenvalue weighted by Crippen LogP contribution is -2.08. The first-order valence-electron chi connectivity index (χ1n) is 8.47. The highest BCUT2D eigenvalue weighted by Gasteiger charge is 2.13. The van der Waals surface area contributed by atoms with Crippen LogP contribution in [-0.2, 0) is 13.2 Å². The number of fused-ring (bicyclic) bond motifs is 1. The van der Waals surface area contributed by atoms with Crippen molar-refractivity contribution >= 4 is 57.4 Å². The van der Waals surface area contributed by atoms with Gasteiger partial charge in [-0.1, -0.05) is 64.6 Å². The molecule has 0 aliphatic carbocycles. The lowest BCUT2D eigenvalue weighted by molar-refractivity contribution is 0.291. The fourth-order valence-corrected chi connectivity index (χ4v) is 3.75. The van der Waals surface area contributed by atoms with Gasteiger partial charge >= 0.3 is 0 Å². The Morgan fingerprint density at radius 2 is 1.64 bits per heavy atom. The molecule has 142 valence electrons. The number of hydrogen-bond donors (Lipinski definition) is 0. The van der Waals surface area contributed by atoms with Crippen molar-refractivity contribution in [3.05, 3.63) is 92.1 Å². The number of rotatable bonds is 5. The lowest BCUT2D eigenvalue weighted by Gasteiger charge is -2.12. The lowest BCUT2D eigenvalue weighted by atomic mass is 10.2. The van der Waals surface area contributed by atoms with Gasteiger partial charge < -0.3 is 9.30 Å². The van der Waals surface area contributed by atoms with Crippen molar-refractivity contribution in [2.75, 3.05) is 0 Å². The molecule has 3 aromatic carbocycles. The number of ether oxygens (including phenoxy) is 1. The summed E-state index contributed by atoms with van der Waals surface area (Å²) in [6.45, 7) is 0.849. The van der Waals surface area contributed by atoms with Crippen LogP contribution in [0.5, 0.6) is 5.75 Å². The van der Waals surface area contributed by atoms with Crippen LogP contribution in [0.4, 0.5) is 0 Å². The minimum atomic E-state index is 0.261. The zero-order valence-corrected chi connectivity index (χ0v) is 17.5. The number of hydrogen-bond acceptors (Lipinski definition) is 2. The average molecular weight is 452 g/mol. The maximum atomic E-state index is 6.21. The largest absolute Gasteiger partial charge is 0.484 e. The van der Waals surface area contributed by atoms with E-state index in [4.69, 9.17) is 56.1 Å². The van der Waals surface area contributed by atoms with Gasteiger partial charge in [0.05, 0.1) is 26.1 Å². The molecule has 0 atom stereocenters. The van der Waals surface area contributed by atoms with E-state index in [0.29, 0.717) is 32.4 Å². The number of nitrogens with zero attached hydrogens (tertiary/aromatic N) is 2. The van der Waals surface area contributed by atoms with E-state index in [-0.39, 0.29) is 6.61 Å². The number of aromatic nitrogens is 2. The van der Waals surface area contributed by atoms with E-state index in [0.717, 1.165) is 22.4 Å². The Morgan fingerprint density at radius 3 is 2.43 bits per heavy atom. The molecule has 0 spiro atoms. The second-order valence-electron chi connectivity index (χ2n) is 6.21. The topological polar surface area (TPSA) is 27.1 Å². The summed E-state index contributed by atoms with van der Waals surface area (Å²) in [6, 6.07) is 18.7. The summed E-state index contributed by atoms with van der Waals surface area (Å²) in [5, 5.41) is 2.07. The molecule has 0 fully saturated rings. The number of imidazole rings is 1. The van der Waals surface area contributed by atoms with E-state index >= 15 is 0 Å². The quantitative estimate of drug-likeness (QED) is 0.318. The molecule has 7 heteroatoms. The third-order valence-electron chi connectivity index (χ3n) is 4.31. The van der Waals surface area contributed by atoms with Gasteiger partial charge in [0.15, 0.2) is 0 Å². The fraction of sp³-hybridized carbons (Fsp3) is 0.0952. The van der Waals surface area contributed by atoms with Crippen molar-refractivity contribution in [1.29, 1.82) is 0 Å². The summed E-state index contributed by atoms with van der Waals surface area (Å²) < 4.78 is 8.00. The number of halogens is 4. The van der Waals surface area contributed by atoms with E-state index in [2.05, 4.69) is 4.57 Å². The Hall–Kier alpha value is -1.91. The first kappa shape index (κ1) is 19.4. The van der Waals surface area contributed by atoms with Crippen molar-refractivity contribution in [2.45, 2.75) is 13.2 Å². The maximum absolute atomic E-state index is 6.21. The zero-order valence-electron chi connectivity index (χ0n) is 14.5. The van der Waals surface area contributed by atoms with Crippen LogP contribution in [0.25, 0.3) is 11.0 Å². The van der Waals surface area contributed by atoms with Crippen molar-refractivity contribution in [3.8, 4) is 5.75 Å². The predicted molar refractivity (Wildman–Crippen MR) is 116 cm³/mol. The molecule has 28 heavy (non-hydrogen) atoms. The Bertz CT molecular complexity index is 1160. The van der Waals surface area contributed by atoms with Crippen LogP contribution >= 0.6 is 46.4 Å². The molecule has 3 nitrogen and oxygen atoms in total. The van der Waals surface area contributed by atoms with Crippen molar-refractivity contribution < 1.29 is 4.74 Å². The molecule has 0 unspecified atom stereocenters. The van der Waals surface area contributed by atoms with Crippen LogP contribution in [0.3, 0.4) is 0 Å². The van der Waals surface area contributed by atoms with Gasteiger partial charge in [0, 0.05) is 11.6 Å². The molecule has 4 aromatic rings. The third kappa shape index (κ3) is 4.08. The molecule has 0 amide bonds. The van der Waals surface area contributed by atoms with E-state index in [1.165, 1.54) is 0 Å². The smallest absolute Gasteiger partial charge is 0.148 e. The minimum absolute atomic E-state index is 0.261. The Balaban J connectivity index is 1.67. The van der Waals surface area contributed by atoms with Crippen LogP contribution in [-0.4, -0.2) is 9.55 Å². The van der Waals surface area contributed by atoms with E-state index < -0.39 is 0 Å². The van der Waals surface area contributed by atoms with Gasteiger partial charge in [0.25, 0.3) is 0 Å². The van der Waals surface area contributed by atoms with Gasteiger partial charge in [0.1, 0.15) is 18.2 Å². The molecule has 0 aliphatic heterocycles. The highest BCUT2D eigenvalue weighted by Crippen LogP contribution is 2.29. The SMILES string of the molecule is Clc1ccc(OCc2nc3ccccc3n2Cc2ccc(Cl)c(Cl)c2)c(Cl)c1. The van der Waals surface area contributed by atoms with Crippen LogP contribution < -0.4 is 4.74 Å². The molecule has 4 rings (SSSR count). The normalized spacial score (nSPS) is 11.1. The first-order valence-corrected chi connectivity index (χ1v) is 9.98. The predicted octanol–water partition coefficient (Wildman–Crippen LogP) is 7.28. The van der Waals surface area contributed by atoms with Gasteiger partial charge in [-0.2, -0.15) is 0 Å². The molecule has 0 radical (unpaired) electrons. The van der Waals surface area contributed by atoms with Crippen LogP contribution in [0.15, 0.2) is 60.7 Å². The van der Waals surface area contributed by atoms with Gasteiger partial charge in [-0.25, -0.2) is 4.98 Å². The number of benzene rings is 3. The van der Waals surface area contributed by atoms with Crippen LogP contribution in [0.2, 0.25) is 20.1 Å². The molecule has 1 heterocycles. The zero-order chi connectivity index (χ0) is 19.7. The minimum Gasteiger partial charge on any atom is -0.484 e. The molecule has 0 bridgehead atoms. The second-order valence-corrected chi connectivity index (χ2v) is 7.87. The molecule has 1 aromatic heterocycles. The van der Waals surface area contributed by atoms with Crippen LogP contribution in [0.1, 0.15) is 11.4 Å². The van der Waals surface area contributed by atoms with Crippen molar-refractivity contribution in [2.24, 2.45) is 0 Å². The summed E-state index contributed by atoms with van der Waals surface area (Å²) >= 11 is 24.4. The molecule has 0 aliphatic rings. The van der Waals surface area contributed by atoms with Gasteiger partial charge in [-0.15, -0.1) is 0 Å². The Morgan fingerprint density at radius 1 is 0.821 bits per heavy atom. The van der Waals surface area contributed by atoms with Gasteiger partial charge in [-0.05, 0) is 48.0 Å². The Kier molecular flexibility index (Phi) is 5.70. The summed E-state index contributed by atoms with van der Waals surface area (Å²) in [6.07, 6.45) is 0. The van der Waals surface area contributed by atoms with Crippen molar-refractivity contribution in [3.63, 3.8) is 0 Å². The second kappa shape index (κ2) is 8.22. The monoisotopic (exact) mass is 450 g/mol. The summed E-state index contributed by atoms with van der Waals surface area (Å²) in [5.41, 5.74) is 2.92. The standard InChI is InChI=1S/C21H14Cl4N2O/c22-14-6-8-20(17(25)10-14)28-12-21-26-18-3-1-2-4-19(18)27(21)11-13-5-7-15(23)16(24)9-13/h1-10H,11-12H2. The first-order chi connectivity index (χ1) is 13.5. The van der Waals surface area contributed by atoms with E-state index in [1.807, 2.05) is 36.4 Å². The summed E-state index contributed by atoms with van der Waals surface area (Å²) in [7, 11) is 0. The highest BCUT2D eigenvalue weighted by atomic mass is 35.5. The van der Waals surface area contributed by atoms with Crippen molar-refractivity contribution in [1.82, 2.24) is 9.55 Å². The van der Waals surface area contributed by atoms with E-state index in [9.17, 15) is 0 Å². The molecular weight excluding hydrogens is 438 g/mol. The van der Waals surface area contributed by atoms with Gasteiger partial charge in [0.2, 0.25) is 0 Å². The molecule has 0 saturated carbocycles.